The molecule has 10 heteroatoms. The van der Waals surface area contributed by atoms with Gasteiger partial charge in [0.25, 0.3) is 5.88 Å². The smallest absolute Gasteiger partial charge is 0.250 e. The van der Waals surface area contributed by atoms with E-state index < -0.39 is 17.2 Å². The van der Waals surface area contributed by atoms with Crippen LogP contribution in [0.4, 0.5) is 14.6 Å². The minimum absolute atomic E-state index is 0.0682. The molecule has 1 fully saturated rings. The fourth-order valence-corrected chi connectivity index (χ4v) is 4.41. The summed E-state index contributed by atoms with van der Waals surface area (Å²) in [4.78, 5) is 24.7. The topological polar surface area (TPSA) is 91.6 Å². The summed E-state index contributed by atoms with van der Waals surface area (Å²) in [6.07, 6.45) is 3.97. The number of hydrogen-bond acceptors (Lipinski definition) is 7. The average molecular weight is 488 g/mol. The molecule has 2 aromatic heterocycles. The lowest BCUT2D eigenvalue weighted by Gasteiger charge is -2.42. The summed E-state index contributed by atoms with van der Waals surface area (Å²) in [7, 11) is 1.26. The number of nitrogens with zero attached hydrogens (tertiary/aromatic N) is 5. The zero-order chi connectivity index (χ0) is 25.6. The van der Waals surface area contributed by atoms with Gasteiger partial charge in [0.1, 0.15) is 18.5 Å². The van der Waals surface area contributed by atoms with Gasteiger partial charge in [-0.2, -0.15) is 5.26 Å². The second kappa shape index (κ2) is 11.4. The van der Waals surface area contributed by atoms with Crippen molar-refractivity contribution in [3.63, 3.8) is 0 Å². The van der Waals surface area contributed by atoms with E-state index in [1.807, 2.05) is 25.7 Å². The molecular weight excluding hydrogens is 456 g/mol. The fraction of sp³-hybridized carbons (Fsp3) is 0.520. The number of pyridine rings is 2. The third-order valence-electron chi connectivity index (χ3n) is 6.49. The number of ether oxygens (including phenoxy) is 2. The number of amides is 1. The maximum absolute atomic E-state index is 14.9. The molecule has 1 amide bonds. The summed E-state index contributed by atoms with van der Waals surface area (Å²) in [5.74, 6) is -1.57. The highest BCUT2D eigenvalue weighted by atomic mass is 19.1. The maximum atomic E-state index is 14.9. The van der Waals surface area contributed by atoms with Crippen LogP contribution in [-0.2, 0) is 15.1 Å². The van der Waals surface area contributed by atoms with E-state index in [9.17, 15) is 13.6 Å². The van der Waals surface area contributed by atoms with Crippen molar-refractivity contribution in [2.75, 3.05) is 38.3 Å². The van der Waals surface area contributed by atoms with Crippen LogP contribution in [0, 0.1) is 23.0 Å². The van der Waals surface area contributed by atoms with Crippen LogP contribution in [0.1, 0.15) is 51.2 Å². The number of carbonyl (C=O) groups excluding carboxylic acids is 1. The molecule has 0 radical (unpaired) electrons. The number of carbonyl (C=O) groups is 1. The molecular formula is C25H31F2N5O3. The Morgan fingerprint density at radius 1 is 1.23 bits per heavy atom. The molecule has 1 atom stereocenters. The second-order valence-corrected chi connectivity index (χ2v) is 8.53. The Morgan fingerprint density at radius 2 is 1.97 bits per heavy atom. The predicted octanol–water partition coefficient (Wildman–Crippen LogP) is 3.79. The highest BCUT2D eigenvalue weighted by Gasteiger charge is 2.45. The predicted molar refractivity (Wildman–Crippen MR) is 126 cm³/mol. The molecule has 188 valence electrons. The number of aromatic nitrogens is 2. The molecule has 35 heavy (non-hydrogen) atoms. The number of likely N-dealkylation sites (N-methyl/N-ethyl adjacent to an activating group) is 2. The lowest BCUT2D eigenvalue weighted by Crippen LogP contribution is -2.47. The summed E-state index contributed by atoms with van der Waals surface area (Å²) in [5.41, 5.74) is -0.971. The summed E-state index contributed by atoms with van der Waals surface area (Å²) in [6.45, 7) is 7.06. The van der Waals surface area contributed by atoms with Crippen molar-refractivity contribution >= 4 is 11.7 Å². The molecule has 3 rings (SSSR count). The Kier molecular flexibility index (Phi) is 8.57. The van der Waals surface area contributed by atoms with Crippen LogP contribution >= 0.6 is 0 Å². The summed E-state index contributed by atoms with van der Waals surface area (Å²) in [6, 6.07) is 5.47. The molecule has 0 spiro atoms. The SMILES string of the molecule is CCN(CC(C)N(CC)c1ccc(C#N)cn1)C(=O)COC1(c2c(F)cnc(OC)c2F)CCC1. The largest absolute Gasteiger partial charge is 0.479 e. The van der Waals surface area contributed by atoms with Crippen LogP contribution in [0.3, 0.4) is 0 Å². The molecule has 1 aliphatic rings. The van der Waals surface area contributed by atoms with Crippen LogP contribution < -0.4 is 9.64 Å². The maximum Gasteiger partial charge on any atom is 0.250 e. The molecule has 0 saturated heterocycles. The van der Waals surface area contributed by atoms with E-state index in [4.69, 9.17) is 14.7 Å². The van der Waals surface area contributed by atoms with Crippen molar-refractivity contribution < 1.29 is 23.0 Å². The second-order valence-electron chi connectivity index (χ2n) is 8.53. The van der Waals surface area contributed by atoms with E-state index in [1.54, 1.807) is 17.0 Å². The van der Waals surface area contributed by atoms with Gasteiger partial charge in [0.2, 0.25) is 5.91 Å². The van der Waals surface area contributed by atoms with E-state index in [0.717, 1.165) is 12.6 Å². The van der Waals surface area contributed by atoms with Crippen molar-refractivity contribution in [2.45, 2.75) is 51.7 Å². The summed E-state index contributed by atoms with van der Waals surface area (Å²) >= 11 is 0. The monoisotopic (exact) mass is 487 g/mol. The average Bonchev–Trinajstić information content (AvgIpc) is 2.84. The zero-order valence-electron chi connectivity index (χ0n) is 20.6. The number of nitriles is 1. The molecule has 2 aromatic rings. The third kappa shape index (κ3) is 5.51. The molecule has 1 aliphatic carbocycles. The van der Waals surface area contributed by atoms with E-state index in [2.05, 4.69) is 16.0 Å². The van der Waals surface area contributed by atoms with E-state index >= 15 is 0 Å². The minimum Gasteiger partial charge on any atom is -0.479 e. The Hall–Kier alpha value is -3.32. The van der Waals surface area contributed by atoms with Gasteiger partial charge in [0.05, 0.1) is 30.0 Å². The van der Waals surface area contributed by atoms with Crippen molar-refractivity contribution in [3.05, 3.63) is 47.3 Å². The molecule has 8 nitrogen and oxygen atoms in total. The van der Waals surface area contributed by atoms with Crippen molar-refractivity contribution in [3.8, 4) is 11.9 Å². The summed E-state index contributed by atoms with van der Waals surface area (Å²) < 4.78 is 40.3. The number of hydrogen-bond donors (Lipinski definition) is 0. The number of anilines is 1. The zero-order valence-corrected chi connectivity index (χ0v) is 20.6. The van der Waals surface area contributed by atoms with Gasteiger partial charge in [-0.25, -0.2) is 18.7 Å². The van der Waals surface area contributed by atoms with Gasteiger partial charge < -0.3 is 19.3 Å². The summed E-state index contributed by atoms with van der Waals surface area (Å²) in [5, 5.41) is 8.99. The minimum atomic E-state index is -1.22. The van der Waals surface area contributed by atoms with Crippen LogP contribution in [0.15, 0.2) is 24.5 Å². The van der Waals surface area contributed by atoms with Gasteiger partial charge in [0, 0.05) is 31.9 Å². The number of rotatable bonds is 11. The molecule has 0 bridgehead atoms. The van der Waals surface area contributed by atoms with Crippen LogP contribution in [0.2, 0.25) is 0 Å². The van der Waals surface area contributed by atoms with Crippen molar-refractivity contribution in [2.24, 2.45) is 0 Å². The first-order valence-corrected chi connectivity index (χ1v) is 11.7. The van der Waals surface area contributed by atoms with Crippen LogP contribution in [0.5, 0.6) is 5.88 Å². The van der Waals surface area contributed by atoms with E-state index in [1.165, 1.54) is 13.3 Å². The molecule has 1 saturated carbocycles. The van der Waals surface area contributed by atoms with Gasteiger partial charge in [-0.15, -0.1) is 0 Å². The van der Waals surface area contributed by atoms with Crippen molar-refractivity contribution in [1.82, 2.24) is 14.9 Å². The van der Waals surface area contributed by atoms with Gasteiger partial charge in [-0.3, -0.25) is 4.79 Å². The normalized spacial score (nSPS) is 15.0. The van der Waals surface area contributed by atoms with Crippen LogP contribution in [-0.4, -0.2) is 60.2 Å². The first-order chi connectivity index (χ1) is 16.8. The Morgan fingerprint density at radius 3 is 2.49 bits per heavy atom. The number of halogens is 2. The van der Waals surface area contributed by atoms with Gasteiger partial charge in [-0.1, -0.05) is 0 Å². The third-order valence-corrected chi connectivity index (χ3v) is 6.49. The molecule has 1 unspecified atom stereocenters. The van der Waals surface area contributed by atoms with E-state index in [0.29, 0.717) is 43.9 Å². The molecule has 2 heterocycles. The van der Waals surface area contributed by atoms with Gasteiger partial charge in [0.15, 0.2) is 11.6 Å². The standard InChI is InChI=1S/C25H31F2N5O3/c1-5-31(15-17(3)32(6-2)20-9-8-18(12-28)13-29-20)21(33)16-35-25(10-7-11-25)22-19(26)14-30-24(34-4)23(22)27/h8-9,13-14,17H,5-7,10-11,15-16H2,1-4H3. The first-order valence-electron chi connectivity index (χ1n) is 11.7. The Balaban J connectivity index is 1.69. The van der Waals surface area contributed by atoms with Gasteiger partial charge in [-0.05, 0) is 52.2 Å². The van der Waals surface area contributed by atoms with Crippen molar-refractivity contribution in [1.29, 1.82) is 5.26 Å². The lowest BCUT2D eigenvalue weighted by molar-refractivity contribution is -0.154. The molecule has 0 aliphatic heterocycles. The first kappa shape index (κ1) is 26.3. The molecule has 0 N–H and O–H groups in total. The Labute approximate surface area is 204 Å². The van der Waals surface area contributed by atoms with Gasteiger partial charge >= 0.3 is 0 Å². The van der Waals surface area contributed by atoms with E-state index in [-0.39, 0.29) is 30.0 Å². The lowest BCUT2D eigenvalue weighted by atomic mass is 9.74. The highest BCUT2D eigenvalue weighted by molar-refractivity contribution is 5.77. The molecule has 0 aromatic carbocycles. The fourth-order valence-electron chi connectivity index (χ4n) is 4.41. The highest BCUT2D eigenvalue weighted by Crippen LogP contribution is 2.47. The quantitative estimate of drug-likeness (QED) is 0.476. The Bertz CT molecular complexity index is 1070. The number of methoxy groups -OCH3 is 1. The van der Waals surface area contributed by atoms with Crippen LogP contribution in [0.25, 0.3) is 0 Å².